The van der Waals surface area contributed by atoms with Gasteiger partial charge in [-0.1, -0.05) is 285 Å². The fraction of sp³-hybridized carbons (Fsp3) is 0.767. The quantitative estimate of drug-likeness (QED) is 0.0211. The third kappa shape index (κ3) is 64.0. The van der Waals surface area contributed by atoms with Crippen molar-refractivity contribution in [1.29, 1.82) is 0 Å². The van der Waals surface area contributed by atoms with E-state index < -0.39 is 24.3 Å². The summed E-state index contributed by atoms with van der Waals surface area (Å²) in [5.41, 5.74) is 0. The van der Waals surface area contributed by atoms with Gasteiger partial charge in [0.25, 0.3) is 6.29 Å². The minimum absolute atomic E-state index is 0.184. The van der Waals surface area contributed by atoms with Crippen LogP contribution in [0.5, 0.6) is 0 Å². The van der Waals surface area contributed by atoms with E-state index in [1.165, 1.54) is 180 Å². The van der Waals surface area contributed by atoms with Crippen LogP contribution < -0.4 is 0 Å². The Kier molecular flexibility index (Phi) is 60.8. The Balaban J connectivity index is 3.98. The highest BCUT2D eigenvalue weighted by atomic mass is 16.7. The van der Waals surface area contributed by atoms with Gasteiger partial charge < -0.3 is 28.5 Å². The molecule has 0 heterocycles. The number of rotatable bonds is 63. The smallest absolute Gasteiger partial charge is 0.361 e. The zero-order chi connectivity index (χ0) is 59.8. The summed E-state index contributed by atoms with van der Waals surface area (Å²) in [6, 6.07) is 0. The van der Waals surface area contributed by atoms with Gasteiger partial charge in [-0.25, -0.2) is 4.79 Å². The van der Waals surface area contributed by atoms with Crippen molar-refractivity contribution in [3.8, 4) is 0 Å². The molecule has 0 radical (unpaired) electrons. The molecule has 0 amide bonds. The molecule has 82 heavy (non-hydrogen) atoms. The van der Waals surface area contributed by atoms with Crippen LogP contribution in [0.2, 0.25) is 0 Å². The molecule has 0 spiro atoms. The molecule has 474 valence electrons. The molecule has 0 aliphatic carbocycles. The van der Waals surface area contributed by atoms with E-state index in [1.807, 2.05) is 21.1 Å². The molecule has 9 nitrogen and oxygen atoms in total. The zero-order valence-electron chi connectivity index (χ0n) is 54.1. The summed E-state index contributed by atoms with van der Waals surface area (Å²) < 4.78 is 22.9. The maximum atomic E-state index is 12.9. The van der Waals surface area contributed by atoms with Gasteiger partial charge in [0.05, 0.1) is 34.4 Å². The maximum Gasteiger partial charge on any atom is 0.361 e. The summed E-state index contributed by atoms with van der Waals surface area (Å²) >= 11 is 0. The van der Waals surface area contributed by atoms with E-state index >= 15 is 0 Å². The van der Waals surface area contributed by atoms with E-state index in [9.17, 15) is 19.5 Å². The second-order valence-corrected chi connectivity index (χ2v) is 24.1. The fourth-order valence-electron chi connectivity index (χ4n) is 9.66. The van der Waals surface area contributed by atoms with Gasteiger partial charge >= 0.3 is 17.9 Å². The Morgan fingerprint density at radius 3 is 1.05 bits per heavy atom. The second-order valence-electron chi connectivity index (χ2n) is 24.1. The second kappa shape index (κ2) is 63.5. The molecule has 0 aromatic heterocycles. The predicted molar refractivity (Wildman–Crippen MR) is 350 cm³/mol. The minimum Gasteiger partial charge on any atom is -0.477 e. The molecule has 9 heteroatoms. The summed E-state index contributed by atoms with van der Waals surface area (Å²) in [5, 5.41) is 9.72. The Morgan fingerprint density at radius 1 is 0.378 bits per heavy atom. The highest BCUT2D eigenvalue weighted by Crippen LogP contribution is 2.17. The molecular formula is C73H130NO8+. The third-order valence-electron chi connectivity index (χ3n) is 14.9. The zero-order valence-corrected chi connectivity index (χ0v) is 54.1. The van der Waals surface area contributed by atoms with Crippen LogP contribution in [0.15, 0.2) is 85.1 Å². The topological polar surface area (TPSA) is 108 Å². The average molecular weight is 1150 g/mol. The average Bonchev–Trinajstić information content (AvgIpc) is 3.45. The van der Waals surface area contributed by atoms with Crippen molar-refractivity contribution in [2.75, 3.05) is 47.5 Å². The van der Waals surface area contributed by atoms with Gasteiger partial charge in [0, 0.05) is 12.8 Å². The molecule has 0 fully saturated rings. The van der Waals surface area contributed by atoms with Gasteiger partial charge in [-0.05, 0) is 89.9 Å². The van der Waals surface area contributed by atoms with Crippen molar-refractivity contribution in [3.63, 3.8) is 0 Å². The number of aliphatic carboxylic acids is 1. The predicted octanol–water partition coefficient (Wildman–Crippen LogP) is 21.1. The van der Waals surface area contributed by atoms with Crippen molar-refractivity contribution in [3.05, 3.63) is 85.1 Å². The summed E-state index contributed by atoms with van der Waals surface area (Å²) in [4.78, 5) is 37.5. The Morgan fingerprint density at radius 2 is 0.695 bits per heavy atom. The van der Waals surface area contributed by atoms with Gasteiger partial charge in [-0.15, -0.1) is 0 Å². The van der Waals surface area contributed by atoms with Crippen LogP contribution >= 0.6 is 0 Å². The maximum absolute atomic E-state index is 12.9. The van der Waals surface area contributed by atoms with E-state index in [0.29, 0.717) is 17.4 Å². The first-order valence-corrected chi connectivity index (χ1v) is 34.3. The number of esters is 2. The molecule has 0 rings (SSSR count). The highest BCUT2D eigenvalue weighted by molar-refractivity contribution is 5.71. The van der Waals surface area contributed by atoms with Gasteiger partial charge in [0.2, 0.25) is 0 Å². The van der Waals surface area contributed by atoms with Crippen molar-refractivity contribution in [2.45, 2.75) is 315 Å². The van der Waals surface area contributed by atoms with Crippen LogP contribution in [0.3, 0.4) is 0 Å². The van der Waals surface area contributed by atoms with Crippen LogP contribution in [0, 0.1) is 0 Å². The van der Waals surface area contributed by atoms with Crippen molar-refractivity contribution < 1.29 is 42.9 Å². The first-order chi connectivity index (χ1) is 40.1. The largest absolute Gasteiger partial charge is 0.477 e. The Labute approximate surface area is 506 Å². The monoisotopic (exact) mass is 1150 g/mol. The number of unbranched alkanes of at least 4 members (excludes halogenated alkanes) is 34. The fourth-order valence-corrected chi connectivity index (χ4v) is 9.66. The molecule has 0 aromatic carbocycles. The van der Waals surface area contributed by atoms with Crippen molar-refractivity contribution >= 4 is 17.9 Å². The summed E-state index contributed by atoms with van der Waals surface area (Å²) in [6.45, 7) is 4.78. The molecule has 1 N–H and O–H groups in total. The Hall–Kier alpha value is -3.53. The molecule has 0 saturated carbocycles. The lowest BCUT2D eigenvalue weighted by molar-refractivity contribution is -0.870. The summed E-state index contributed by atoms with van der Waals surface area (Å²) in [6.07, 6.45) is 82.8. The SMILES string of the molecule is CC/C=C\C/C=C\C/C=C\C/C=C\C/C=C\C/C=C\CCCCCCCCCCCCCCCCCCCCCCCCC(=O)OC(COC(=O)CCCCCCC/C=C\CCCCCCCCC)COC(OCC[N+](C)(C)C)C(=O)O. The molecule has 0 bridgehead atoms. The molecule has 2 atom stereocenters. The lowest BCUT2D eigenvalue weighted by Crippen LogP contribution is -2.40. The first-order valence-electron chi connectivity index (χ1n) is 34.3. The molecule has 0 aliphatic heterocycles. The molecule has 0 saturated heterocycles. The lowest BCUT2D eigenvalue weighted by Gasteiger charge is -2.25. The molecular weight excluding hydrogens is 1020 g/mol. The number of carboxylic acids is 1. The number of hydrogen-bond donors (Lipinski definition) is 1. The van der Waals surface area contributed by atoms with Crippen LogP contribution in [0.1, 0.15) is 303 Å². The van der Waals surface area contributed by atoms with Gasteiger partial charge in [-0.3, -0.25) is 9.59 Å². The third-order valence-corrected chi connectivity index (χ3v) is 14.9. The van der Waals surface area contributed by atoms with Crippen molar-refractivity contribution in [2.24, 2.45) is 0 Å². The number of nitrogens with zero attached hydrogens (tertiary/aromatic N) is 1. The van der Waals surface area contributed by atoms with E-state index in [4.69, 9.17) is 18.9 Å². The number of carboxylic acid groups (broad SMARTS) is 1. The van der Waals surface area contributed by atoms with E-state index in [1.54, 1.807) is 0 Å². The van der Waals surface area contributed by atoms with Gasteiger partial charge in [-0.2, -0.15) is 0 Å². The van der Waals surface area contributed by atoms with Gasteiger partial charge in [0.15, 0.2) is 6.10 Å². The van der Waals surface area contributed by atoms with Gasteiger partial charge in [0.1, 0.15) is 13.2 Å². The van der Waals surface area contributed by atoms with Crippen LogP contribution in [0.25, 0.3) is 0 Å². The lowest BCUT2D eigenvalue weighted by atomic mass is 10.0. The molecule has 0 aromatic rings. The Bertz CT molecular complexity index is 1620. The number of carbonyl (C=O) groups is 3. The number of ether oxygens (including phenoxy) is 4. The normalized spacial score (nSPS) is 13.2. The first kappa shape index (κ1) is 78.5. The van der Waals surface area contributed by atoms with Crippen molar-refractivity contribution in [1.82, 2.24) is 0 Å². The van der Waals surface area contributed by atoms with E-state index in [2.05, 4.69) is 98.9 Å². The highest BCUT2D eigenvalue weighted by Gasteiger charge is 2.25. The summed E-state index contributed by atoms with van der Waals surface area (Å²) in [7, 11) is 5.98. The number of quaternary nitrogens is 1. The molecule has 0 aliphatic rings. The number of hydrogen-bond acceptors (Lipinski definition) is 7. The summed E-state index contributed by atoms with van der Waals surface area (Å²) in [5.74, 6) is -2.00. The minimum atomic E-state index is -1.51. The van der Waals surface area contributed by atoms with E-state index in [0.717, 1.165) is 96.3 Å². The number of carbonyl (C=O) groups excluding carboxylic acids is 2. The number of likely N-dealkylation sites (N-methyl/N-ethyl adjacent to an activating group) is 1. The van der Waals surface area contributed by atoms with Crippen LogP contribution in [-0.2, 0) is 33.3 Å². The number of allylic oxidation sites excluding steroid dienone is 14. The standard InChI is InChI=1S/C73H129NO8/c1-6-8-10-12-14-16-18-20-22-24-25-26-27-28-29-30-31-32-33-34-35-36-37-38-39-40-41-42-43-44-45-46-47-48-50-52-54-56-58-60-62-64-71(76)82-69(68-81-73(72(77)78)79-66-65-74(3,4)5)67-80-70(75)63-61-59-57-55-53-51-49-23-21-19-17-15-13-11-9-7-2/h8,10,14,16,20,22-23,25-26,28-29,31-32,49,69,73H,6-7,9,11-13,15,17-19,21,24,27,30,33-48,50-68H2,1-5H3/p+1/b10-8-,16-14-,22-20-,26-25-,29-28-,32-31-,49-23-. The molecule has 2 unspecified atom stereocenters. The van der Waals surface area contributed by atoms with E-state index in [-0.39, 0.29) is 32.2 Å². The van der Waals surface area contributed by atoms with Crippen LogP contribution in [0.4, 0.5) is 0 Å². The van der Waals surface area contributed by atoms with Crippen LogP contribution in [-0.4, -0.2) is 87.4 Å².